The first-order valence-electron chi connectivity index (χ1n) is 7.46. The normalized spacial score (nSPS) is 11.5. The van der Waals surface area contributed by atoms with E-state index in [0.29, 0.717) is 11.4 Å². The molecule has 4 N–H and O–H groups in total. The van der Waals surface area contributed by atoms with E-state index in [1.807, 2.05) is 12.1 Å². The Hall–Kier alpha value is -2.74. The maximum Gasteiger partial charge on any atom is 0.0554 e. The molecule has 2 nitrogen and oxygen atoms in total. The Kier molecular flexibility index (Phi) is 2.58. The molecule has 4 rings (SSSR count). The first-order chi connectivity index (χ1) is 10.5. The smallest absolute Gasteiger partial charge is 0.0554 e. The zero-order valence-corrected chi connectivity index (χ0v) is 12.8. The second kappa shape index (κ2) is 4.38. The van der Waals surface area contributed by atoms with Gasteiger partial charge < -0.3 is 11.5 Å². The van der Waals surface area contributed by atoms with Crippen LogP contribution in [0.15, 0.2) is 48.5 Å². The standard InChI is InChI=1S/C20H18N2/c1-11-3-5-13-14-6-4-12(2)8-16(14)18-10-20(22)19(21)9-17(18)15(13)7-11/h3-10H,21-22H2,1-2H3. The predicted octanol–water partition coefficient (Wildman–Crippen LogP) is 4.93. The van der Waals surface area contributed by atoms with E-state index in [9.17, 15) is 0 Å². The van der Waals surface area contributed by atoms with Crippen molar-refractivity contribution in [1.29, 1.82) is 0 Å². The van der Waals surface area contributed by atoms with Gasteiger partial charge in [0.05, 0.1) is 11.4 Å². The van der Waals surface area contributed by atoms with Crippen LogP contribution in [0.4, 0.5) is 11.4 Å². The van der Waals surface area contributed by atoms with E-state index in [1.54, 1.807) is 0 Å². The minimum atomic E-state index is 0.641. The topological polar surface area (TPSA) is 52.0 Å². The maximum atomic E-state index is 6.06. The highest BCUT2D eigenvalue weighted by molar-refractivity contribution is 6.26. The molecule has 0 fully saturated rings. The molecule has 0 amide bonds. The lowest BCUT2D eigenvalue weighted by Crippen LogP contribution is -1.95. The number of fused-ring (bicyclic) bond motifs is 6. The predicted molar refractivity (Wildman–Crippen MR) is 97.3 cm³/mol. The molecule has 0 radical (unpaired) electrons. The monoisotopic (exact) mass is 286 g/mol. The molecule has 0 saturated carbocycles. The van der Waals surface area contributed by atoms with Gasteiger partial charge in [-0.05, 0) is 58.3 Å². The Morgan fingerprint density at radius 2 is 0.864 bits per heavy atom. The summed E-state index contributed by atoms with van der Waals surface area (Å²) in [5.74, 6) is 0. The third kappa shape index (κ3) is 1.74. The molecule has 0 heterocycles. The lowest BCUT2D eigenvalue weighted by atomic mass is 9.92. The van der Waals surface area contributed by atoms with Crippen LogP contribution in [0.2, 0.25) is 0 Å². The summed E-state index contributed by atoms with van der Waals surface area (Å²) in [4.78, 5) is 0. The van der Waals surface area contributed by atoms with Crippen LogP contribution in [0.5, 0.6) is 0 Å². The van der Waals surface area contributed by atoms with Crippen LogP contribution in [0.1, 0.15) is 11.1 Å². The summed E-state index contributed by atoms with van der Waals surface area (Å²) in [6.45, 7) is 4.23. The quantitative estimate of drug-likeness (QED) is 0.356. The fraction of sp³-hybridized carbons (Fsp3) is 0.100. The number of nitrogens with two attached hydrogens (primary N) is 2. The molecule has 0 spiro atoms. The van der Waals surface area contributed by atoms with Gasteiger partial charge in [-0.1, -0.05) is 47.5 Å². The van der Waals surface area contributed by atoms with Gasteiger partial charge in [0.1, 0.15) is 0 Å². The average Bonchev–Trinajstić information content (AvgIpc) is 2.49. The summed E-state index contributed by atoms with van der Waals surface area (Å²) in [6.07, 6.45) is 0. The lowest BCUT2D eigenvalue weighted by Gasteiger charge is -2.13. The number of nitrogen functional groups attached to an aromatic ring is 2. The molecule has 2 heteroatoms. The summed E-state index contributed by atoms with van der Waals surface area (Å²) in [5.41, 5.74) is 15.9. The second-order valence-corrected chi connectivity index (χ2v) is 6.12. The van der Waals surface area contributed by atoms with Gasteiger partial charge in [0.2, 0.25) is 0 Å². The number of benzene rings is 4. The van der Waals surface area contributed by atoms with Gasteiger partial charge in [0, 0.05) is 0 Å². The van der Waals surface area contributed by atoms with Gasteiger partial charge in [-0.3, -0.25) is 0 Å². The molecule has 0 aliphatic rings. The minimum Gasteiger partial charge on any atom is -0.397 e. The largest absolute Gasteiger partial charge is 0.397 e. The van der Waals surface area contributed by atoms with Gasteiger partial charge >= 0.3 is 0 Å². The molecule has 0 aromatic heterocycles. The fourth-order valence-electron chi connectivity index (χ4n) is 3.31. The van der Waals surface area contributed by atoms with Crippen molar-refractivity contribution in [2.45, 2.75) is 13.8 Å². The number of rotatable bonds is 0. The maximum absolute atomic E-state index is 6.06. The van der Waals surface area contributed by atoms with E-state index in [1.165, 1.54) is 43.4 Å². The molecule has 22 heavy (non-hydrogen) atoms. The number of anilines is 2. The SMILES string of the molecule is Cc1ccc2c3ccc(C)cc3c3cc(N)c(N)cc3c2c1. The summed E-state index contributed by atoms with van der Waals surface area (Å²) in [7, 11) is 0. The van der Waals surface area contributed by atoms with Crippen molar-refractivity contribution in [3.05, 3.63) is 59.7 Å². The summed E-state index contributed by atoms with van der Waals surface area (Å²) in [5, 5.41) is 7.33. The molecule has 0 aliphatic carbocycles. The van der Waals surface area contributed by atoms with Crippen LogP contribution in [0.3, 0.4) is 0 Å². The summed E-state index contributed by atoms with van der Waals surface area (Å²) < 4.78 is 0. The summed E-state index contributed by atoms with van der Waals surface area (Å²) >= 11 is 0. The van der Waals surface area contributed by atoms with E-state index in [4.69, 9.17) is 11.5 Å². The number of hydrogen-bond donors (Lipinski definition) is 2. The fourth-order valence-corrected chi connectivity index (χ4v) is 3.31. The van der Waals surface area contributed by atoms with Gasteiger partial charge in [0.15, 0.2) is 0 Å². The van der Waals surface area contributed by atoms with Crippen LogP contribution in [-0.4, -0.2) is 0 Å². The van der Waals surface area contributed by atoms with Crippen molar-refractivity contribution in [3.63, 3.8) is 0 Å². The van der Waals surface area contributed by atoms with Crippen molar-refractivity contribution in [2.24, 2.45) is 0 Å². The third-order valence-electron chi connectivity index (χ3n) is 4.44. The van der Waals surface area contributed by atoms with E-state index >= 15 is 0 Å². The number of aryl methyl sites for hydroxylation is 2. The Labute approximate surface area is 129 Å². The van der Waals surface area contributed by atoms with E-state index in [0.717, 1.165) is 0 Å². The van der Waals surface area contributed by atoms with Gasteiger partial charge in [0.25, 0.3) is 0 Å². The molecule has 0 unspecified atom stereocenters. The van der Waals surface area contributed by atoms with E-state index < -0.39 is 0 Å². The van der Waals surface area contributed by atoms with Gasteiger partial charge in [-0.15, -0.1) is 0 Å². The van der Waals surface area contributed by atoms with Crippen LogP contribution in [0, 0.1) is 13.8 Å². The van der Waals surface area contributed by atoms with Crippen molar-refractivity contribution < 1.29 is 0 Å². The molecule has 4 aromatic rings. The molecule has 0 bridgehead atoms. The van der Waals surface area contributed by atoms with Crippen LogP contribution in [-0.2, 0) is 0 Å². The van der Waals surface area contributed by atoms with Gasteiger partial charge in [-0.2, -0.15) is 0 Å². The number of hydrogen-bond acceptors (Lipinski definition) is 2. The van der Waals surface area contributed by atoms with Crippen LogP contribution >= 0.6 is 0 Å². The molecular weight excluding hydrogens is 268 g/mol. The molecule has 4 aromatic carbocycles. The average molecular weight is 286 g/mol. The Bertz CT molecular complexity index is 976. The molecular formula is C20H18N2. The Balaban J connectivity index is 2.39. The lowest BCUT2D eigenvalue weighted by molar-refractivity contribution is 1.50. The molecule has 0 atom stereocenters. The van der Waals surface area contributed by atoms with Gasteiger partial charge in [-0.25, -0.2) is 0 Å². The molecule has 108 valence electrons. The highest BCUT2D eigenvalue weighted by Crippen LogP contribution is 2.38. The zero-order valence-electron chi connectivity index (χ0n) is 12.8. The Morgan fingerprint density at radius 1 is 0.500 bits per heavy atom. The van der Waals surface area contributed by atoms with Crippen molar-refractivity contribution in [1.82, 2.24) is 0 Å². The Morgan fingerprint density at radius 3 is 1.27 bits per heavy atom. The zero-order chi connectivity index (χ0) is 15.4. The van der Waals surface area contributed by atoms with Crippen molar-refractivity contribution in [3.8, 4) is 0 Å². The van der Waals surface area contributed by atoms with Crippen molar-refractivity contribution in [2.75, 3.05) is 11.5 Å². The van der Waals surface area contributed by atoms with Crippen LogP contribution < -0.4 is 11.5 Å². The molecule has 0 aliphatic heterocycles. The minimum absolute atomic E-state index is 0.641. The van der Waals surface area contributed by atoms with Crippen LogP contribution in [0.25, 0.3) is 32.3 Å². The molecule has 0 saturated heterocycles. The first-order valence-corrected chi connectivity index (χ1v) is 7.46. The van der Waals surface area contributed by atoms with E-state index in [2.05, 4.69) is 50.2 Å². The third-order valence-corrected chi connectivity index (χ3v) is 4.44. The highest BCUT2D eigenvalue weighted by Gasteiger charge is 2.10. The highest BCUT2D eigenvalue weighted by atomic mass is 14.7. The summed E-state index contributed by atoms with van der Waals surface area (Å²) in [6, 6.07) is 17.2. The second-order valence-electron chi connectivity index (χ2n) is 6.12. The van der Waals surface area contributed by atoms with Crippen molar-refractivity contribution >= 4 is 43.7 Å². The van der Waals surface area contributed by atoms with E-state index in [-0.39, 0.29) is 0 Å². The first kappa shape index (κ1) is 13.0.